The molecule has 144 valence electrons. The monoisotopic (exact) mass is 457 g/mol. The fraction of sp³-hybridized carbons (Fsp3) is 0.286. The first kappa shape index (κ1) is 19.2. The molecule has 0 radical (unpaired) electrons. The van der Waals surface area contributed by atoms with Crippen LogP contribution in [0.25, 0.3) is 10.9 Å². The van der Waals surface area contributed by atoms with Crippen molar-refractivity contribution in [3.05, 3.63) is 63.6 Å². The fourth-order valence-electron chi connectivity index (χ4n) is 3.39. The number of hydrogen-bond donors (Lipinski definition) is 0. The molecule has 3 aromatic rings. The van der Waals surface area contributed by atoms with E-state index in [0.29, 0.717) is 29.2 Å². The summed E-state index contributed by atoms with van der Waals surface area (Å²) in [5.74, 6) is 0.0309. The van der Waals surface area contributed by atoms with Gasteiger partial charge < -0.3 is 4.90 Å². The molecule has 0 fully saturated rings. The first-order valence-electron chi connectivity index (χ1n) is 9.23. The smallest absolute Gasteiger partial charge is 0.261 e. The molecule has 0 saturated carbocycles. The van der Waals surface area contributed by atoms with E-state index in [4.69, 9.17) is 0 Å². The van der Waals surface area contributed by atoms with Crippen LogP contribution in [-0.4, -0.2) is 27.3 Å². The number of halogens is 1. The Labute approximate surface area is 175 Å². The van der Waals surface area contributed by atoms with E-state index in [2.05, 4.69) is 33.9 Å². The average Bonchev–Trinajstić information content (AvgIpc) is 2.86. The molecule has 0 N–H and O–H groups in total. The lowest BCUT2D eigenvalue weighted by atomic mass is 10.2. The van der Waals surface area contributed by atoms with Gasteiger partial charge in [-0.1, -0.05) is 35.0 Å². The second-order valence-electron chi connectivity index (χ2n) is 6.88. The molecule has 1 aliphatic rings. The number of amides is 1. The molecule has 0 spiro atoms. The second kappa shape index (κ2) is 8.09. The largest absolute Gasteiger partial charge is 0.311 e. The van der Waals surface area contributed by atoms with Crippen molar-refractivity contribution in [3.8, 4) is 0 Å². The summed E-state index contributed by atoms with van der Waals surface area (Å²) < 4.78 is 2.36. The summed E-state index contributed by atoms with van der Waals surface area (Å²) >= 11 is 5.20. The van der Waals surface area contributed by atoms with E-state index in [-0.39, 0.29) is 17.9 Å². The number of carbonyl (C=O) groups excluding carboxylic acids is 1. The van der Waals surface area contributed by atoms with E-state index in [1.165, 1.54) is 10.9 Å². The summed E-state index contributed by atoms with van der Waals surface area (Å²) in [5.41, 5.74) is 1.50. The quantitative estimate of drug-likeness (QED) is 0.582. The molecule has 0 bridgehead atoms. The third-order valence-electron chi connectivity index (χ3n) is 4.90. The predicted molar refractivity (Wildman–Crippen MR) is 117 cm³/mol. The average molecular weight is 458 g/mol. The van der Waals surface area contributed by atoms with Crippen molar-refractivity contribution >= 4 is 50.2 Å². The molecule has 7 heteroatoms. The molecule has 28 heavy (non-hydrogen) atoms. The highest BCUT2D eigenvalue weighted by Gasteiger charge is 2.23. The number of nitrogens with zero attached hydrogens (tertiary/aromatic N) is 3. The highest BCUT2D eigenvalue weighted by molar-refractivity contribution is 9.10. The fourth-order valence-corrected chi connectivity index (χ4v) is 4.86. The lowest BCUT2D eigenvalue weighted by Crippen LogP contribution is -2.33. The Hall–Kier alpha value is -2.12. The second-order valence-corrected chi connectivity index (χ2v) is 9.28. The highest BCUT2D eigenvalue weighted by atomic mass is 79.9. The molecule has 1 aromatic heterocycles. The van der Waals surface area contributed by atoms with Gasteiger partial charge in [-0.15, -0.1) is 11.8 Å². The van der Waals surface area contributed by atoms with Crippen molar-refractivity contribution in [2.45, 2.75) is 36.5 Å². The molecule has 1 amide bonds. The summed E-state index contributed by atoms with van der Waals surface area (Å²) in [6, 6.07) is 13.5. The van der Waals surface area contributed by atoms with Crippen LogP contribution in [0.1, 0.15) is 19.8 Å². The van der Waals surface area contributed by atoms with Gasteiger partial charge in [0.15, 0.2) is 0 Å². The van der Waals surface area contributed by atoms with Crippen LogP contribution in [0.3, 0.4) is 0 Å². The van der Waals surface area contributed by atoms with Gasteiger partial charge in [0.25, 0.3) is 5.56 Å². The summed E-state index contributed by atoms with van der Waals surface area (Å²) in [6.07, 6.45) is 2.73. The number of aromatic nitrogens is 2. The molecule has 2 heterocycles. The van der Waals surface area contributed by atoms with Gasteiger partial charge in [-0.25, -0.2) is 4.98 Å². The van der Waals surface area contributed by atoms with Gasteiger partial charge >= 0.3 is 0 Å². The highest BCUT2D eigenvalue weighted by Crippen LogP contribution is 2.37. The molecule has 1 atom stereocenters. The SMILES string of the molecule is CC1CCN(C(=O)CCn2cnc3ccc(Br)cc3c2=O)c2ccccc2S1. The van der Waals surface area contributed by atoms with E-state index in [0.717, 1.165) is 21.5 Å². The zero-order valence-electron chi connectivity index (χ0n) is 15.5. The van der Waals surface area contributed by atoms with Gasteiger partial charge in [0.05, 0.1) is 22.9 Å². The van der Waals surface area contributed by atoms with Crippen LogP contribution in [0.5, 0.6) is 0 Å². The Bertz CT molecular complexity index is 1100. The number of para-hydroxylation sites is 1. The first-order chi connectivity index (χ1) is 13.5. The number of anilines is 1. The number of fused-ring (bicyclic) bond motifs is 2. The Kier molecular flexibility index (Phi) is 5.55. The van der Waals surface area contributed by atoms with Crippen molar-refractivity contribution in [2.24, 2.45) is 0 Å². The van der Waals surface area contributed by atoms with Crippen LogP contribution in [0.15, 0.2) is 63.0 Å². The third-order valence-corrected chi connectivity index (χ3v) is 6.63. The lowest BCUT2D eigenvalue weighted by molar-refractivity contribution is -0.118. The number of benzene rings is 2. The molecule has 0 aliphatic carbocycles. The first-order valence-corrected chi connectivity index (χ1v) is 10.9. The number of thioether (sulfide) groups is 1. The van der Waals surface area contributed by atoms with Crippen LogP contribution in [-0.2, 0) is 11.3 Å². The maximum atomic E-state index is 13.0. The minimum atomic E-state index is -0.125. The molecule has 2 aromatic carbocycles. The van der Waals surface area contributed by atoms with Crippen LogP contribution in [0, 0.1) is 0 Å². The van der Waals surface area contributed by atoms with Crippen LogP contribution in [0.4, 0.5) is 5.69 Å². The third kappa shape index (κ3) is 3.86. The van der Waals surface area contributed by atoms with Crippen LogP contribution < -0.4 is 10.5 Å². The maximum absolute atomic E-state index is 13.0. The van der Waals surface area contributed by atoms with Crippen molar-refractivity contribution in [3.63, 3.8) is 0 Å². The van der Waals surface area contributed by atoms with Gasteiger partial charge in [0.1, 0.15) is 0 Å². The Morgan fingerprint density at radius 1 is 1.29 bits per heavy atom. The number of rotatable bonds is 3. The standard InChI is InChI=1S/C21H20BrN3O2S/c1-14-8-11-25(18-4-2-3-5-19(18)28-14)20(26)9-10-24-13-23-17-7-6-15(22)12-16(17)21(24)27/h2-7,12-14H,8-11H2,1H3. The zero-order chi connectivity index (χ0) is 19.7. The van der Waals surface area contributed by atoms with E-state index < -0.39 is 0 Å². The van der Waals surface area contributed by atoms with Gasteiger partial charge in [-0.2, -0.15) is 0 Å². The zero-order valence-corrected chi connectivity index (χ0v) is 17.9. The minimum Gasteiger partial charge on any atom is -0.311 e. The number of hydrogen-bond acceptors (Lipinski definition) is 4. The topological polar surface area (TPSA) is 55.2 Å². The Balaban J connectivity index is 1.56. The van der Waals surface area contributed by atoms with Gasteiger partial charge in [0.2, 0.25) is 5.91 Å². The molecular weight excluding hydrogens is 438 g/mol. The molecule has 5 nitrogen and oxygen atoms in total. The summed E-state index contributed by atoms with van der Waals surface area (Å²) in [6.45, 7) is 3.20. The summed E-state index contributed by atoms with van der Waals surface area (Å²) in [4.78, 5) is 33.1. The summed E-state index contributed by atoms with van der Waals surface area (Å²) in [7, 11) is 0. The van der Waals surface area contributed by atoms with E-state index in [1.54, 1.807) is 6.07 Å². The molecular formula is C21H20BrN3O2S. The number of aryl methyl sites for hydroxylation is 1. The van der Waals surface area contributed by atoms with Crippen molar-refractivity contribution < 1.29 is 4.79 Å². The Morgan fingerprint density at radius 3 is 2.96 bits per heavy atom. The van der Waals surface area contributed by atoms with Crippen molar-refractivity contribution in [1.29, 1.82) is 0 Å². The van der Waals surface area contributed by atoms with E-state index in [1.807, 2.05) is 47.0 Å². The summed E-state index contributed by atoms with van der Waals surface area (Å²) in [5, 5.41) is 1.01. The predicted octanol–water partition coefficient (Wildman–Crippen LogP) is 4.47. The van der Waals surface area contributed by atoms with Crippen LogP contribution >= 0.6 is 27.7 Å². The van der Waals surface area contributed by atoms with Gasteiger partial charge in [-0.3, -0.25) is 14.2 Å². The van der Waals surface area contributed by atoms with Crippen molar-refractivity contribution in [2.75, 3.05) is 11.4 Å². The minimum absolute atomic E-state index is 0.0309. The van der Waals surface area contributed by atoms with Crippen molar-refractivity contribution in [1.82, 2.24) is 9.55 Å². The Morgan fingerprint density at radius 2 is 2.11 bits per heavy atom. The van der Waals surface area contributed by atoms with Gasteiger partial charge in [0, 0.05) is 34.1 Å². The maximum Gasteiger partial charge on any atom is 0.261 e. The number of carbonyl (C=O) groups is 1. The van der Waals surface area contributed by atoms with Crippen LogP contribution in [0.2, 0.25) is 0 Å². The molecule has 4 rings (SSSR count). The molecule has 0 saturated heterocycles. The normalized spacial score (nSPS) is 16.6. The lowest BCUT2D eigenvalue weighted by Gasteiger charge is -2.22. The molecule has 1 unspecified atom stereocenters. The van der Waals surface area contributed by atoms with E-state index in [9.17, 15) is 9.59 Å². The van der Waals surface area contributed by atoms with Gasteiger partial charge in [-0.05, 0) is 36.8 Å². The van der Waals surface area contributed by atoms with E-state index >= 15 is 0 Å². The molecule has 1 aliphatic heterocycles.